The van der Waals surface area contributed by atoms with Crippen molar-refractivity contribution in [2.75, 3.05) is 26.8 Å². The van der Waals surface area contributed by atoms with Gasteiger partial charge in [-0.3, -0.25) is 4.79 Å². The second-order valence-corrected chi connectivity index (χ2v) is 5.93. The van der Waals surface area contributed by atoms with Crippen LogP contribution in [0.1, 0.15) is 46.0 Å². The Morgan fingerprint density at radius 2 is 2.05 bits per heavy atom. The third kappa shape index (κ3) is 3.87. The molecule has 0 aromatic carbocycles. The first-order chi connectivity index (χ1) is 10.1. The van der Waals surface area contributed by atoms with E-state index in [2.05, 4.69) is 5.16 Å². The van der Waals surface area contributed by atoms with Gasteiger partial charge in [-0.25, -0.2) is 0 Å². The second kappa shape index (κ2) is 8.22. The molecule has 1 fully saturated rings. The average Bonchev–Trinajstić information content (AvgIpc) is 2.94. The molecule has 122 valence electrons. The molecule has 6 heteroatoms. The first-order valence-electron chi connectivity index (χ1n) is 7.82. The van der Waals surface area contributed by atoms with Crippen LogP contribution in [-0.4, -0.2) is 48.7 Å². The molecule has 1 heterocycles. The molecular formula is C15H29N3O3. The van der Waals surface area contributed by atoms with E-state index in [9.17, 15) is 4.79 Å². The van der Waals surface area contributed by atoms with Crippen molar-refractivity contribution in [2.45, 2.75) is 46.0 Å². The van der Waals surface area contributed by atoms with Crippen LogP contribution >= 0.6 is 0 Å². The van der Waals surface area contributed by atoms with Crippen LogP contribution in [-0.2, 0) is 9.53 Å². The number of rotatable bonds is 8. The monoisotopic (exact) mass is 299 g/mol. The number of carbonyl (C=O) groups is 1. The first kappa shape index (κ1) is 17.8. The van der Waals surface area contributed by atoms with Crippen LogP contribution in [0.5, 0.6) is 0 Å². The molecular weight excluding hydrogens is 270 g/mol. The number of hydrogen-bond donors (Lipinski definition) is 2. The number of carbonyl (C=O) groups excluding carboxylic acids is 1. The van der Waals surface area contributed by atoms with Crippen LogP contribution in [0.25, 0.3) is 0 Å². The third-order valence-electron chi connectivity index (χ3n) is 4.34. The number of oxime groups is 1. The highest BCUT2D eigenvalue weighted by Gasteiger charge is 2.45. The van der Waals surface area contributed by atoms with Crippen LogP contribution in [0.15, 0.2) is 5.16 Å². The zero-order valence-electron chi connectivity index (χ0n) is 13.5. The minimum atomic E-state index is -0.861. The maximum absolute atomic E-state index is 13.0. The number of ether oxygens (including phenoxy) is 1. The third-order valence-corrected chi connectivity index (χ3v) is 4.34. The van der Waals surface area contributed by atoms with Gasteiger partial charge in [-0.1, -0.05) is 31.8 Å². The van der Waals surface area contributed by atoms with E-state index < -0.39 is 5.41 Å². The fraction of sp³-hybridized carbons (Fsp3) is 0.867. The Kier molecular flexibility index (Phi) is 6.95. The second-order valence-electron chi connectivity index (χ2n) is 5.93. The van der Waals surface area contributed by atoms with Gasteiger partial charge in [0, 0.05) is 26.1 Å². The van der Waals surface area contributed by atoms with Crippen molar-refractivity contribution in [3.8, 4) is 0 Å². The van der Waals surface area contributed by atoms with Crippen molar-refractivity contribution in [3.05, 3.63) is 0 Å². The van der Waals surface area contributed by atoms with E-state index in [0.717, 1.165) is 25.8 Å². The van der Waals surface area contributed by atoms with Crippen LogP contribution in [0.4, 0.5) is 0 Å². The lowest BCUT2D eigenvalue weighted by Gasteiger charge is -2.34. The summed E-state index contributed by atoms with van der Waals surface area (Å²) in [7, 11) is 1.68. The standard InChI is InChI=1S/C15H29N3O3/c1-4-7-15(8-5-2,13(16)17-20)14(19)18-9-6-12(10-18)11-21-3/h12,20H,4-11H2,1-3H3,(H2,16,17). The number of likely N-dealkylation sites (tertiary alicyclic amines) is 1. The number of methoxy groups -OCH3 is 1. The predicted octanol–water partition coefficient (Wildman–Crippen LogP) is 1.81. The molecule has 1 aliphatic rings. The van der Waals surface area contributed by atoms with Gasteiger partial charge in [0.2, 0.25) is 5.91 Å². The molecule has 0 aromatic heterocycles. The average molecular weight is 299 g/mol. The van der Waals surface area contributed by atoms with E-state index in [1.807, 2.05) is 18.7 Å². The SMILES string of the molecule is CCCC(CCC)(C(=O)N1CCC(COC)C1)C(N)=NO. The van der Waals surface area contributed by atoms with Gasteiger partial charge in [0.05, 0.1) is 6.61 Å². The number of amidine groups is 1. The number of hydrogen-bond acceptors (Lipinski definition) is 4. The Hall–Kier alpha value is -1.30. The lowest BCUT2D eigenvalue weighted by Crippen LogP contribution is -2.51. The van der Waals surface area contributed by atoms with Crippen LogP contribution in [0.3, 0.4) is 0 Å². The topological polar surface area (TPSA) is 88.2 Å². The number of amides is 1. The minimum Gasteiger partial charge on any atom is -0.409 e. The lowest BCUT2D eigenvalue weighted by molar-refractivity contribution is -0.138. The minimum absolute atomic E-state index is 0.0000954. The fourth-order valence-corrected chi connectivity index (χ4v) is 3.35. The summed E-state index contributed by atoms with van der Waals surface area (Å²) < 4.78 is 5.18. The normalized spacial score (nSPS) is 20.0. The Morgan fingerprint density at radius 1 is 1.43 bits per heavy atom. The number of nitrogens with zero attached hydrogens (tertiary/aromatic N) is 2. The molecule has 0 aliphatic carbocycles. The highest BCUT2D eigenvalue weighted by atomic mass is 16.5. The van der Waals surface area contributed by atoms with Crippen molar-refractivity contribution >= 4 is 11.7 Å². The van der Waals surface area contributed by atoms with E-state index in [0.29, 0.717) is 31.9 Å². The molecule has 0 bridgehead atoms. The molecule has 21 heavy (non-hydrogen) atoms. The summed E-state index contributed by atoms with van der Waals surface area (Å²) in [4.78, 5) is 14.9. The summed E-state index contributed by atoms with van der Waals surface area (Å²) in [6.45, 7) is 6.11. The molecule has 1 atom stereocenters. The van der Waals surface area contributed by atoms with E-state index in [-0.39, 0.29) is 11.7 Å². The molecule has 6 nitrogen and oxygen atoms in total. The van der Waals surface area contributed by atoms with E-state index in [4.69, 9.17) is 15.7 Å². The van der Waals surface area contributed by atoms with Gasteiger partial charge in [0.25, 0.3) is 0 Å². The summed E-state index contributed by atoms with van der Waals surface area (Å²) in [6.07, 6.45) is 3.81. The van der Waals surface area contributed by atoms with Crippen LogP contribution in [0.2, 0.25) is 0 Å². The van der Waals surface area contributed by atoms with Gasteiger partial charge in [-0.05, 0) is 19.3 Å². The maximum Gasteiger partial charge on any atom is 0.236 e. The zero-order chi connectivity index (χ0) is 15.9. The summed E-state index contributed by atoms with van der Waals surface area (Å²) in [6, 6.07) is 0. The van der Waals surface area contributed by atoms with E-state index >= 15 is 0 Å². The molecule has 1 aliphatic heterocycles. The van der Waals surface area contributed by atoms with Gasteiger partial charge in [0.15, 0.2) is 5.84 Å². The molecule has 1 amide bonds. The zero-order valence-corrected chi connectivity index (χ0v) is 13.5. The van der Waals surface area contributed by atoms with Crippen LogP contribution in [0, 0.1) is 11.3 Å². The van der Waals surface area contributed by atoms with Crippen molar-refractivity contribution in [1.29, 1.82) is 0 Å². The molecule has 0 spiro atoms. The molecule has 0 saturated carbocycles. The fourth-order valence-electron chi connectivity index (χ4n) is 3.35. The molecule has 1 rings (SSSR count). The highest BCUT2D eigenvalue weighted by Crippen LogP contribution is 2.34. The van der Waals surface area contributed by atoms with Crippen molar-refractivity contribution in [1.82, 2.24) is 4.90 Å². The quantitative estimate of drug-likeness (QED) is 0.310. The van der Waals surface area contributed by atoms with Gasteiger partial charge in [-0.2, -0.15) is 0 Å². The van der Waals surface area contributed by atoms with Gasteiger partial charge < -0.3 is 20.6 Å². The molecule has 0 radical (unpaired) electrons. The summed E-state index contributed by atoms with van der Waals surface area (Å²) in [5.41, 5.74) is 5.05. The Balaban J connectivity index is 2.95. The van der Waals surface area contributed by atoms with Crippen molar-refractivity contribution in [2.24, 2.45) is 22.2 Å². The van der Waals surface area contributed by atoms with Gasteiger partial charge >= 0.3 is 0 Å². The maximum atomic E-state index is 13.0. The predicted molar refractivity (Wildman–Crippen MR) is 82.2 cm³/mol. The molecule has 3 N–H and O–H groups in total. The Bertz CT molecular complexity index is 365. The van der Waals surface area contributed by atoms with Gasteiger partial charge in [0.1, 0.15) is 5.41 Å². The van der Waals surface area contributed by atoms with Crippen molar-refractivity contribution < 1.29 is 14.7 Å². The summed E-state index contributed by atoms with van der Waals surface area (Å²) in [5, 5.41) is 12.3. The van der Waals surface area contributed by atoms with E-state index in [1.165, 1.54) is 0 Å². The lowest BCUT2D eigenvalue weighted by atomic mass is 9.76. The molecule has 1 unspecified atom stereocenters. The van der Waals surface area contributed by atoms with Crippen LogP contribution < -0.4 is 5.73 Å². The Labute approximate surface area is 127 Å². The molecule has 1 saturated heterocycles. The highest BCUT2D eigenvalue weighted by molar-refractivity contribution is 6.06. The van der Waals surface area contributed by atoms with E-state index in [1.54, 1.807) is 7.11 Å². The summed E-state index contributed by atoms with van der Waals surface area (Å²) >= 11 is 0. The number of nitrogens with two attached hydrogens (primary N) is 1. The van der Waals surface area contributed by atoms with Gasteiger partial charge in [-0.15, -0.1) is 0 Å². The van der Waals surface area contributed by atoms with Crippen molar-refractivity contribution in [3.63, 3.8) is 0 Å². The first-order valence-corrected chi connectivity index (χ1v) is 7.82. The molecule has 0 aromatic rings. The Morgan fingerprint density at radius 3 is 2.52 bits per heavy atom. The largest absolute Gasteiger partial charge is 0.409 e. The smallest absolute Gasteiger partial charge is 0.236 e. The summed E-state index contributed by atoms with van der Waals surface area (Å²) in [5.74, 6) is 0.429.